The van der Waals surface area contributed by atoms with Crippen molar-refractivity contribution in [2.45, 2.75) is 50.4 Å². The summed E-state index contributed by atoms with van der Waals surface area (Å²) in [5, 5.41) is 34.2. The smallest absolute Gasteiger partial charge is 0.241 e. The fraction of sp³-hybridized carbons (Fsp3) is 0.379. The summed E-state index contributed by atoms with van der Waals surface area (Å²) in [6.07, 6.45) is -0.453. The minimum absolute atomic E-state index is 0.106. The maximum absolute atomic E-state index is 14.1. The summed E-state index contributed by atoms with van der Waals surface area (Å²) in [6.45, 7) is 4.11. The highest BCUT2D eigenvalue weighted by molar-refractivity contribution is 6.07. The quantitative estimate of drug-likeness (QED) is 0.435. The van der Waals surface area contributed by atoms with Crippen molar-refractivity contribution in [3.8, 4) is 12.1 Å². The minimum Gasteiger partial charge on any atom is -0.373 e. The van der Waals surface area contributed by atoms with E-state index in [1.54, 1.807) is 36.2 Å². The van der Waals surface area contributed by atoms with Gasteiger partial charge < -0.3 is 20.3 Å². The van der Waals surface area contributed by atoms with Gasteiger partial charge in [-0.2, -0.15) is 10.5 Å². The summed E-state index contributed by atoms with van der Waals surface area (Å²) in [5.41, 5.74) is 2.34. The van der Waals surface area contributed by atoms with E-state index in [1.165, 1.54) is 4.90 Å². The van der Waals surface area contributed by atoms with Crippen LogP contribution in [0.15, 0.2) is 48.5 Å². The molecule has 0 saturated carbocycles. The van der Waals surface area contributed by atoms with Crippen LogP contribution >= 0.6 is 0 Å². The van der Waals surface area contributed by atoms with E-state index >= 15 is 0 Å². The SMILES string of the molecule is CC(C)C[C@@H](C(=O)N1C[C@]2(C[C@H]1C#N)C(=O)Nc1ccccc12)N(C)C(O)c1cc2cc(C#N)ccc2[nH]1. The molecule has 1 unspecified atom stereocenters. The molecule has 9 nitrogen and oxygen atoms in total. The number of benzene rings is 2. The topological polar surface area (TPSA) is 136 Å². The number of aromatic nitrogens is 1. The van der Waals surface area contributed by atoms with Gasteiger partial charge in [-0.1, -0.05) is 32.0 Å². The molecule has 2 aliphatic heterocycles. The van der Waals surface area contributed by atoms with E-state index in [0.717, 1.165) is 16.5 Å². The summed E-state index contributed by atoms with van der Waals surface area (Å²) in [7, 11) is 1.69. The highest BCUT2D eigenvalue weighted by atomic mass is 16.3. The van der Waals surface area contributed by atoms with Crippen LogP contribution in [0.2, 0.25) is 0 Å². The van der Waals surface area contributed by atoms with Gasteiger partial charge in [0.05, 0.1) is 34.9 Å². The standard InChI is InChI=1S/C29H30N6O3/c1-17(2)10-25(34(3)26(36)24-12-19-11-18(14-30)8-9-22(19)32-24)27(37)35-16-29(13-20(35)15-31)21-6-4-5-7-23(21)33-28(29)38/h4-9,11-12,17,20,25-26,32,36H,10,13,16H2,1-3H3,(H,33,38)/t20-,25-,26?,29-/m0/s1. The number of fused-ring (bicyclic) bond motifs is 3. The molecule has 3 aromatic rings. The summed E-state index contributed by atoms with van der Waals surface area (Å²) < 4.78 is 0. The van der Waals surface area contributed by atoms with Crippen LogP contribution in [-0.4, -0.2) is 57.4 Å². The second-order valence-electron chi connectivity index (χ2n) is 10.7. The Balaban J connectivity index is 1.45. The summed E-state index contributed by atoms with van der Waals surface area (Å²) in [4.78, 5) is 33.6. The number of aliphatic hydroxyl groups excluding tert-OH is 1. The number of nitrogens with zero attached hydrogens (tertiary/aromatic N) is 4. The zero-order chi connectivity index (χ0) is 27.2. The van der Waals surface area contributed by atoms with Gasteiger partial charge in [0, 0.05) is 29.6 Å². The van der Waals surface area contributed by atoms with Gasteiger partial charge in [-0.05, 0) is 55.3 Å². The Morgan fingerprint density at radius 3 is 2.71 bits per heavy atom. The van der Waals surface area contributed by atoms with Crippen molar-refractivity contribution in [1.29, 1.82) is 10.5 Å². The molecule has 194 valence electrons. The molecule has 3 N–H and O–H groups in total. The number of aliphatic hydroxyl groups is 1. The molecule has 9 heteroatoms. The largest absolute Gasteiger partial charge is 0.373 e. The first kappa shape index (κ1) is 25.5. The van der Waals surface area contributed by atoms with Crippen molar-refractivity contribution in [2.75, 3.05) is 18.9 Å². The molecule has 0 bridgehead atoms. The number of rotatable bonds is 6. The molecule has 1 spiro atoms. The molecule has 2 aliphatic rings. The van der Waals surface area contributed by atoms with Crippen molar-refractivity contribution in [2.24, 2.45) is 5.92 Å². The van der Waals surface area contributed by atoms with Gasteiger partial charge in [-0.3, -0.25) is 14.5 Å². The Labute approximate surface area is 221 Å². The minimum atomic E-state index is -1.13. The number of carbonyl (C=O) groups is 2. The molecule has 5 rings (SSSR count). The van der Waals surface area contributed by atoms with Crippen molar-refractivity contribution in [3.63, 3.8) is 0 Å². The molecule has 1 fully saturated rings. The van der Waals surface area contributed by atoms with Gasteiger partial charge >= 0.3 is 0 Å². The van der Waals surface area contributed by atoms with Gasteiger partial charge in [-0.25, -0.2) is 0 Å². The van der Waals surface area contributed by atoms with E-state index < -0.39 is 23.7 Å². The molecular weight excluding hydrogens is 480 g/mol. The van der Waals surface area contributed by atoms with Gasteiger partial charge in [0.2, 0.25) is 11.8 Å². The van der Waals surface area contributed by atoms with Gasteiger partial charge in [0.1, 0.15) is 12.3 Å². The number of carbonyl (C=O) groups excluding carboxylic acids is 2. The number of nitrogens with one attached hydrogen (secondary N) is 2. The van der Waals surface area contributed by atoms with E-state index in [9.17, 15) is 25.2 Å². The number of nitriles is 2. The highest BCUT2D eigenvalue weighted by Gasteiger charge is 2.56. The lowest BCUT2D eigenvalue weighted by Crippen LogP contribution is -2.51. The zero-order valence-corrected chi connectivity index (χ0v) is 21.6. The molecule has 2 amide bonds. The molecule has 4 atom stereocenters. The maximum Gasteiger partial charge on any atom is 0.241 e. The Morgan fingerprint density at radius 2 is 2.00 bits per heavy atom. The number of H-pyrrole nitrogens is 1. The van der Waals surface area contributed by atoms with E-state index in [4.69, 9.17) is 0 Å². The monoisotopic (exact) mass is 510 g/mol. The molecule has 1 saturated heterocycles. The highest BCUT2D eigenvalue weighted by Crippen LogP contribution is 2.46. The van der Waals surface area contributed by atoms with Crippen molar-refractivity contribution in [3.05, 3.63) is 65.4 Å². The number of likely N-dealkylation sites (tertiary alicyclic amines) is 1. The van der Waals surface area contributed by atoms with E-state index in [1.807, 2.05) is 38.1 Å². The Hall–Kier alpha value is -4.18. The van der Waals surface area contributed by atoms with Crippen LogP contribution in [-0.2, 0) is 15.0 Å². The van der Waals surface area contributed by atoms with Crippen molar-refractivity contribution < 1.29 is 14.7 Å². The third-order valence-electron chi connectivity index (χ3n) is 7.82. The zero-order valence-electron chi connectivity index (χ0n) is 21.6. The Bertz CT molecular complexity index is 1500. The summed E-state index contributed by atoms with van der Waals surface area (Å²) in [6, 6.07) is 17.3. The number of likely N-dealkylation sites (N-methyl/N-ethyl adjacent to an activating group) is 1. The van der Waals surface area contributed by atoms with E-state index in [-0.39, 0.29) is 30.7 Å². The van der Waals surface area contributed by atoms with Crippen molar-refractivity contribution in [1.82, 2.24) is 14.8 Å². The van der Waals surface area contributed by atoms with Crippen LogP contribution in [0.5, 0.6) is 0 Å². The number of anilines is 1. The lowest BCUT2D eigenvalue weighted by atomic mass is 9.80. The molecule has 2 aromatic carbocycles. The average molecular weight is 511 g/mol. The summed E-state index contributed by atoms with van der Waals surface area (Å²) in [5.74, 6) is -0.353. The Morgan fingerprint density at radius 1 is 1.24 bits per heavy atom. The molecular formula is C29H30N6O3. The first-order valence-corrected chi connectivity index (χ1v) is 12.7. The maximum atomic E-state index is 14.1. The third kappa shape index (κ3) is 4.10. The predicted molar refractivity (Wildman–Crippen MR) is 141 cm³/mol. The van der Waals surface area contributed by atoms with Gasteiger partial charge in [-0.15, -0.1) is 0 Å². The predicted octanol–water partition coefficient (Wildman–Crippen LogP) is 3.39. The molecule has 0 aliphatic carbocycles. The second-order valence-corrected chi connectivity index (χ2v) is 10.7. The van der Waals surface area contributed by atoms with Crippen LogP contribution in [0.1, 0.15) is 49.7 Å². The fourth-order valence-electron chi connectivity index (χ4n) is 5.82. The number of amides is 2. The first-order valence-electron chi connectivity index (χ1n) is 12.7. The normalized spacial score (nSPS) is 21.9. The lowest BCUT2D eigenvalue weighted by Gasteiger charge is -2.35. The summed E-state index contributed by atoms with van der Waals surface area (Å²) >= 11 is 0. The van der Waals surface area contributed by atoms with E-state index in [0.29, 0.717) is 23.4 Å². The number of para-hydroxylation sites is 1. The molecule has 1 aromatic heterocycles. The third-order valence-corrected chi connectivity index (χ3v) is 7.82. The number of hydrogen-bond acceptors (Lipinski definition) is 6. The van der Waals surface area contributed by atoms with Crippen LogP contribution in [0, 0.1) is 28.6 Å². The number of hydrogen-bond donors (Lipinski definition) is 3. The Kier molecular flexibility index (Phi) is 6.44. The molecule has 0 radical (unpaired) electrons. The van der Waals surface area contributed by atoms with Gasteiger partial charge in [0.15, 0.2) is 0 Å². The van der Waals surface area contributed by atoms with Crippen LogP contribution in [0.4, 0.5) is 5.69 Å². The van der Waals surface area contributed by atoms with Crippen LogP contribution < -0.4 is 5.32 Å². The van der Waals surface area contributed by atoms with Gasteiger partial charge in [0.25, 0.3) is 0 Å². The molecule has 38 heavy (non-hydrogen) atoms. The molecule has 3 heterocycles. The fourth-order valence-corrected chi connectivity index (χ4v) is 5.82. The average Bonchev–Trinajstić information content (AvgIpc) is 3.59. The number of aromatic amines is 1. The van der Waals surface area contributed by atoms with Crippen LogP contribution in [0.25, 0.3) is 10.9 Å². The van der Waals surface area contributed by atoms with Crippen molar-refractivity contribution >= 4 is 28.4 Å². The first-order chi connectivity index (χ1) is 18.2. The van der Waals surface area contributed by atoms with E-state index in [2.05, 4.69) is 22.4 Å². The lowest BCUT2D eigenvalue weighted by molar-refractivity contribution is -0.142. The second kappa shape index (κ2) is 9.60. The van der Waals surface area contributed by atoms with Crippen LogP contribution in [0.3, 0.4) is 0 Å².